The van der Waals surface area contributed by atoms with Crippen LogP contribution in [0.5, 0.6) is 0 Å². The highest BCUT2D eigenvalue weighted by Crippen LogP contribution is 1.43. The highest BCUT2D eigenvalue weighted by atomic mass is 32.2. The Morgan fingerprint density at radius 2 is 2.00 bits per heavy atom. The fourth-order valence-electron chi connectivity index (χ4n) is 0. The van der Waals surface area contributed by atoms with Crippen molar-refractivity contribution >= 4 is 11.4 Å². The molecule has 0 aromatic heterocycles. The maximum absolute atomic E-state index is 8.56. The quantitative estimate of drug-likeness (QED) is 0.377. The van der Waals surface area contributed by atoms with Crippen LogP contribution in [0.25, 0.3) is 0 Å². The van der Waals surface area contributed by atoms with Gasteiger partial charge in [-0.2, -0.15) is 0 Å². The molecule has 0 aliphatic rings. The van der Waals surface area contributed by atoms with E-state index in [2.05, 4.69) is 6.58 Å². The molecule has 1 unspecified atom stereocenters. The summed E-state index contributed by atoms with van der Waals surface area (Å²) in [4.78, 5) is 0. The van der Waals surface area contributed by atoms with Crippen molar-refractivity contribution in [2.45, 2.75) is 6.92 Å². The summed E-state index contributed by atoms with van der Waals surface area (Å²) < 4.78 is 24.1. The lowest BCUT2D eigenvalue weighted by Crippen LogP contribution is -1.75. The maximum atomic E-state index is 8.56. The Hall–Kier alpha value is -0.190. The van der Waals surface area contributed by atoms with Gasteiger partial charge in [0.25, 0.3) is 0 Å². The molecule has 44 valence electrons. The van der Waals surface area contributed by atoms with Gasteiger partial charge >= 0.3 is 0 Å². The molecule has 0 saturated carbocycles. The van der Waals surface area contributed by atoms with Crippen molar-refractivity contribution in [1.29, 1.82) is 0 Å². The van der Waals surface area contributed by atoms with Crippen molar-refractivity contribution in [2.75, 3.05) is 0 Å². The van der Waals surface area contributed by atoms with Gasteiger partial charge in [0.15, 0.2) is 0 Å². The van der Waals surface area contributed by atoms with Crippen LogP contribution in [0.3, 0.4) is 0 Å². The molecule has 1 N–H and O–H groups in total. The average Bonchev–Trinajstić information content (AvgIpc) is 1.33. The summed E-state index contributed by atoms with van der Waals surface area (Å²) in [7, 11) is 0. The van der Waals surface area contributed by atoms with Crippen molar-refractivity contribution in [3.63, 3.8) is 0 Å². The standard InChI is InChI=1S/C3H6.H2O3S/c1-3-2;1-4(2)3/h3H,1H2,2H3;(H2,1,2,3)/p-1. The third-order valence-electron chi connectivity index (χ3n) is 0. The zero-order valence-corrected chi connectivity index (χ0v) is 4.77. The van der Waals surface area contributed by atoms with Crippen LogP contribution in [0.2, 0.25) is 0 Å². The summed E-state index contributed by atoms with van der Waals surface area (Å²) in [5.41, 5.74) is 0. The number of hydrogen-bond acceptors (Lipinski definition) is 2. The van der Waals surface area contributed by atoms with Gasteiger partial charge in [0.2, 0.25) is 0 Å². The molecule has 0 radical (unpaired) electrons. The lowest BCUT2D eigenvalue weighted by molar-refractivity contribution is 0.436. The Morgan fingerprint density at radius 3 is 2.00 bits per heavy atom. The second-order valence-corrected chi connectivity index (χ2v) is 1.06. The van der Waals surface area contributed by atoms with E-state index in [4.69, 9.17) is 13.3 Å². The molecule has 0 aromatic carbocycles. The average molecular weight is 123 g/mol. The molecule has 0 bridgehead atoms. The van der Waals surface area contributed by atoms with Crippen LogP contribution >= 0.6 is 0 Å². The van der Waals surface area contributed by atoms with Gasteiger partial charge in [0.1, 0.15) is 0 Å². The van der Waals surface area contributed by atoms with E-state index in [1.54, 1.807) is 6.08 Å². The fourth-order valence-corrected chi connectivity index (χ4v) is 0. The van der Waals surface area contributed by atoms with Crippen molar-refractivity contribution in [3.05, 3.63) is 12.7 Å². The van der Waals surface area contributed by atoms with Gasteiger partial charge in [0, 0.05) is 0 Å². The van der Waals surface area contributed by atoms with Crippen LogP contribution in [0.15, 0.2) is 12.7 Å². The van der Waals surface area contributed by atoms with Gasteiger partial charge in [-0.15, -0.1) is 6.58 Å². The number of allylic oxidation sites excluding steroid dienone is 1. The molecule has 3 nitrogen and oxygen atoms in total. The molecule has 7 heavy (non-hydrogen) atoms. The molecule has 0 heterocycles. The molecule has 0 spiro atoms. The molecular weight excluding hydrogens is 116 g/mol. The van der Waals surface area contributed by atoms with E-state index in [0.717, 1.165) is 0 Å². The highest BCUT2D eigenvalue weighted by molar-refractivity contribution is 7.73. The summed E-state index contributed by atoms with van der Waals surface area (Å²) in [6, 6.07) is 0. The van der Waals surface area contributed by atoms with E-state index in [9.17, 15) is 0 Å². The van der Waals surface area contributed by atoms with Gasteiger partial charge in [-0.25, -0.2) is 4.21 Å². The van der Waals surface area contributed by atoms with Gasteiger partial charge in [-0.3, -0.25) is 0 Å². The van der Waals surface area contributed by atoms with E-state index in [-0.39, 0.29) is 0 Å². The molecule has 0 aliphatic carbocycles. The summed E-state index contributed by atoms with van der Waals surface area (Å²) in [5, 5.41) is 0. The number of hydrogen-bond donors (Lipinski definition) is 1. The Balaban J connectivity index is 0. The van der Waals surface area contributed by atoms with Crippen molar-refractivity contribution in [1.82, 2.24) is 0 Å². The second-order valence-electron chi connectivity index (χ2n) is 0.625. The Kier molecular flexibility index (Phi) is 13.1. The lowest BCUT2D eigenvalue weighted by atomic mass is 10.8. The second kappa shape index (κ2) is 9.26. The molecule has 1 atom stereocenters. The van der Waals surface area contributed by atoms with E-state index in [0.29, 0.717) is 0 Å². The minimum atomic E-state index is -2.86. The zero-order chi connectivity index (χ0) is 6.28. The van der Waals surface area contributed by atoms with E-state index in [1.165, 1.54) is 0 Å². The number of rotatable bonds is 0. The van der Waals surface area contributed by atoms with Crippen LogP contribution in [0.1, 0.15) is 6.92 Å². The lowest BCUT2D eigenvalue weighted by Gasteiger charge is -1.83. The third-order valence-corrected chi connectivity index (χ3v) is 0. The van der Waals surface area contributed by atoms with Crippen molar-refractivity contribution in [2.24, 2.45) is 0 Å². The third kappa shape index (κ3) is 2340. The molecular formula is C3H7O3S-. The molecule has 0 aromatic rings. The summed E-state index contributed by atoms with van der Waals surface area (Å²) in [5.74, 6) is 0. The first-order chi connectivity index (χ1) is 3.15. The first kappa shape index (κ1) is 9.94. The van der Waals surface area contributed by atoms with Crippen LogP contribution in [0, 0.1) is 0 Å². The van der Waals surface area contributed by atoms with Gasteiger partial charge in [-0.1, -0.05) is 6.08 Å². The molecule has 0 aliphatic heterocycles. The summed E-state index contributed by atoms with van der Waals surface area (Å²) in [6.45, 7) is 5.25. The Bertz CT molecular complexity index is 57.2. The molecule has 4 heteroatoms. The smallest absolute Gasteiger partial charge is 0.0814 e. The Morgan fingerprint density at radius 1 is 2.00 bits per heavy atom. The first-order valence-corrected chi connectivity index (χ1v) is 2.53. The predicted octanol–water partition coefficient (Wildman–Crippen LogP) is 0.531. The minimum Gasteiger partial charge on any atom is -0.750 e. The van der Waals surface area contributed by atoms with E-state index in [1.807, 2.05) is 6.92 Å². The molecule has 0 amide bonds. The topological polar surface area (TPSA) is 60.4 Å². The predicted molar refractivity (Wildman–Crippen MR) is 27.4 cm³/mol. The highest BCUT2D eigenvalue weighted by Gasteiger charge is 1.42. The summed E-state index contributed by atoms with van der Waals surface area (Å²) >= 11 is -2.86. The fraction of sp³-hybridized carbons (Fsp3) is 0.333. The van der Waals surface area contributed by atoms with E-state index >= 15 is 0 Å². The monoisotopic (exact) mass is 123 g/mol. The maximum Gasteiger partial charge on any atom is 0.0814 e. The normalized spacial score (nSPS) is 10.7. The van der Waals surface area contributed by atoms with Crippen LogP contribution < -0.4 is 0 Å². The van der Waals surface area contributed by atoms with E-state index < -0.39 is 11.4 Å². The molecule has 0 fully saturated rings. The van der Waals surface area contributed by atoms with Gasteiger partial charge in [0.05, 0.1) is 11.4 Å². The van der Waals surface area contributed by atoms with Crippen molar-refractivity contribution in [3.8, 4) is 0 Å². The SMILES string of the molecule is C=CC.O=S([O-])O. The zero-order valence-electron chi connectivity index (χ0n) is 3.96. The minimum absolute atomic E-state index is 1.75. The summed E-state index contributed by atoms with van der Waals surface area (Å²) in [6.07, 6.45) is 1.75. The van der Waals surface area contributed by atoms with Gasteiger partial charge < -0.3 is 9.11 Å². The van der Waals surface area contributed by atoms with Crippen molar-refractivity contribution < 1.29 is 13.3 Å². The van der Waals surface area contributed by atoms with Gasteiger partial charge in [-0.05, 0) is 6.92 Å². The first-order valence-electron chi connectivity index (χ1n) is 1.50. The molecule has 0 rings (SSSR count). The largest absolute Gasteiger partial charge is 0.750 e. The van der Waals surface area contributed by atoms with Crippen LogP contribution in [-0.4, -0.2) is 13.3 Å². The van der Waals surface area contributed by atoms with Crippen LogP contribution in [0.4, 0.5) is 0 Å². The Labute approximate surface area is 45.2 Å². The van der Waals surface area contributed by atoms with Crippen LogP contribution in [-0.2, 0) is 11.4 Å². The molecule has 0 saturated heterocycles.